The van der Waals surface area contributed by atoms with Crippen LogP contribution in [0.1, 0.15) is 29.9 Å². The van der Waals surface area contributed by atoms with Gasteiger partial charge in [-0.05, 0) is 38.8 Å². The van der Waals surface area contributed by atoms with Crippen LogP contribution in [0.5, 0.6) is 0 Å². The Kier molecular flexibility index (Phi) is 5.02. The molecule has 0 radical (unpaired) electrons. The van der Waals surface area contributed by atoms with Crippen LogP contribution in [-0.4, -0.2) is 29.7 Å². The largest absolute Gasteiger partial charge is 0.361 e. The Labute approximate surface area is 146 Å². The summed E-state index contributed by atoms with van der Waals surface area (Å²) in [5.74, 6) is 0.607. The fourth-order valence-electron chi connectivity index (χ4n) is 2.87. The van der Waals surface area contributed by atoms with Gasteiger partial charge < -0.3 is 20.1 Å². The molecule has 7 nitrogen and oxygen atoms in total. The monoisotopic (exact) mass is 342 g/mol. The van der Waals surface area contributed by atoms with Gasteiger partial charge >= 0.3 is 6.03 Å². The molecule has 0 aliphatic carbocycles. The lowest BCUT2D eigenvalue weighted by Crippen LogP contribution is -2.54. The number of nitrogens with zero attached hydrogens (tertiary/aromatic N) is 2. The van der Waals surface area contributed by atoms with Gasteiger partial charge in [-0.1, -0.05) is 22.9 Å². The quantitative estimate of drug-likeness (QED) is 0.892. The van der Waals surface area contributed by atoms with Crippen molar-refractivity contribution in [2.45, 2.75) is 39.3 Å². The molecule has 0 saturated carbocycles. The van der Waals surface area contributed by atoms with Crippen molar-refractivity contribution in [2.24, 2.45) is 0 Å². The van der Waals surface area contributed by atoms with E-state index in [0.717, 1.165) is 17.7 Å². The first-order valence-corrected chi connectivity index (χ1v) is 8.37. The second-order valence-electron chi connectivity index (χ2n) is 6.28. The summed E-state index contributed by atoms with van der Waals surface area (Å²) < 4.78 is 4.95. The van der Waals surface area contributed by atoms with Gasteiger partial charge in [0.2, 0.25) is 5.91 Å². The number of piperidine rings is 1. The smallest absolute Gasteiger partial charge is 0.315 e. The van der Waals surface area contributed by atoms with Gasteiger partial charge in [-0.2, -0.15) is 0 Å². The summed E-state index contributed by atoms with van der Waals surface area (Å²) in [5, 5.41) is 9.27. The summed E-state index contributed by atoms with van der Waals surface area (Å²) in [6.45, 7) is 4.72. The van der Waals surface area contributed by atoms with E-state index in [9.17, 15) is 9.59 Å². The Morgan fingerprint density at radius 1 is 1.32 bits per heavy atom. The van der Waals surface area contributed by atoms with Crippen LogP contribution in [0.15, 0.2) is 34.9 Å². The number of anilines is 1. The maximum atomic E-state index is 12.7. The van der Waals surface area contributed by atoms with Gasteiger partial charge in [0, 0.05) is 18.3 Å². The molecule has 2 heterocycles. The molecular formula is C18H22N4O3. The van der Waals surface area contributed by atoms with Gasteiger partial charge in [-0.3, -0.25) is 4.79 Å². The summed E-state index contributed by atoms with van der Waals surface area (Å²) in [4.78, 5) is 26.5. The topological polar surface area (TPSA) is 87.5 Å². The maximum Gasteiger partial charge on any atom is 0.315 e. The molecule has 3 rings (SSSR count). The van der Waals surface area contributed by atoms with Gasteiger partial charge in [-0.15, -0.1) is 0 Å². The predicted molar refractivity (Wildman–Crippen MR) is 93.2 cm³/mol. The molecule has 2 N–H and O–H groups in total. The highest BCUT2D eigenvalue weighted by Gasteiger charge is 2.30. The van der Waals surface area contributed by atoms with Crippen LogP contribution in [-0.2, 0) is 11.3 Å². The van der Waals surface area contributed by atoms with Crippen molar-refractivity contribution in [3.05, 3.63) is 47.3 Å². The van der Waals surface area contributed by atoms with E-state index < -0.39 is 6.04 Å². The van der Waals surface area contributed by atoms with E-state index in [1.807, 2.05) is 31.2 Å². The zero-order valence-corrected chi connectivity index (χ0v) is 14.4. The van der Waals surface area contributed by atoms with Gasteiger partial charge in [0.1, 0.15) is 17.5 Å². The fourth-order valence-corrected chi connectivity index (χ4v) is 2.87. The third-order valence-corrected chi connectivity index (χ3v) is 4.20. The lowest BCUT2D eigenvalue weighted by atomic mass is 10.0. The summed E-state index contributed by atoms with van der Waals surface area (Å²) in [6.07, 6.45) is 1.48. The third kappa shape index (κ3) is 4.17. The van der Waals surface area contributed by atoms with E-state index in [-0.39, 0.29) is 18.5 Å². The molecule has 3 amide bonds. The minimum atomic E-state index is -0.519. The first kappa shape index (κ1) is 17.0. The van der Waals surface area contributed by atoms with Crippen LogP contribution in [0.4, 0.5) is 10.5 Å². The number of nitrogens with one attached hydrogen (secondary N) is 2. The standard InChI is InChI=1S/C18H22N4O3/c1-12-5-7-15(8-6-12)22-9-3-4-16(17(22)23)20-18(24)19-11-14-10-13(2)25-21-14/h5-8,10,16H,3-4,9,11H2,1-2H3,(H2,19,20,24). The second-order valence-corrected chi connectivity index (χ2v) is 6.28. The highest BCUT2D eigenvalue weighted by Crippen LogP contribution is 2.21. The first-order chi connectivity index (χ1) is 12.0. The second kappa shape index (κ2) is 7.38. The molecule has 1 aromatic carbocycles. The molecule has 1 saturated heterocycles. The number of amides is 3. The normalized spacial score (nSPS) is 17.4. The number of aromatic nitrogens is 1. The van der Waals surface area contributed by atoms with Crippen LogP contribution in [0.25, 0.3) is 0 Å². The molecular weight excluding hydrogens is 320 g/mol. The summed E-state index contributed by atoms with van der Waals surface area (Å²) in [6, 6.07) is 8.67. The number of hydrogen-bond donors (Lipinski definition) is 2. The lowest BCUT2D eigenvalue weighted by molar-refractivity contribution is -0.121. The van der Waals surface area contributed by atoms with Crippen LogP contribution >= 0.6 is 0 Å². The van der Waals surface area contributed by atoms with Gasteiger partial charge in [0.05, 0.1) is 6.54 Å². The lowest BCUT2D eigenvalue weighted by Gasteiger charge is -2.32. The molecule has 1 aliphatic rings. The predicted octanol–water partition coefficient (Wildman–Crippen LogP) is 2.29. The average molecular weight is 342 g/mol. The Hall–Kier alpha value is -2.83. The van der Waals surface area contributed by atoms with Crippen molar-refractivity contribution in [2.75, 3.05) is 11.4 Å². The molecule has 1 atom stereocenters. The van der Waals surface area contributed by atoms with E-state index in [1.54, 1.807) is 17.9 Å². The Morgan fingerprint density at radius 3 is 2.76 bits per heavy atom. The summed E-state index contributed by atoms with van der Waals surface area (Å²) in [5.41, 5.74) is 2.65. The number of carbonyl (C=O) groups is 2. The highest BCUT2D eigenvalue weighted by atomic mass is 16.5. The zero-order chi connectivity index (χ0) is 17.8. The average Bonchev–Trinajstić information content (AvgIpc) is 3.01. The molecule has 1 fully saturated rings. The minimum absolute atomic E-state index is 0.0810. The van der Waals surface area contributed by atoms with Crippen molar-refractivity contribution < 1.29 is 14.1 Å². The number of carbonyl (C=O) groups excluding carboxylic acids is 2. The van der Waals surface area contributed by atoms with Crippen molar-refractivity contribution in [3.63, 3.8) is 0 Å². The number of benzene rings is 1. The molecule has 0 bridgehead atoms. The maximum absolute atomic E-state index is 12.7. The van der Waals surface area contributed by atoms with E-state index in [4.69, 9.17) is 4.52 Å². The van der Waals surface area contributed by atoms with E-state index in [0.29, 0.717) is 24.4 Å². The third-order valence-electron chi connectivity index (χ3n) is 4.20. The van der Waals surface area contributed by atoms with Crippen molar-refractivity contribution in [1.29, 1.82) is 0 Å². The molecule has 1 aliphatic heterocycles. The van der Waals surface area contributed by atoms with Gasteiger partial charge in [-0.25, -0.2) is 4.79 Å². The molecule has 1 aromatic heterocycles. The summed E-state index contributed by atoms with van der Waals surface area (Å²) in [7, 11) is 0. The van der Waals surface area contributed by atoms with E-state index in [2.05, 4.69) is 15.8 Å². The van der Waals surface area contributed by atoms with Gasteiger partial charge in [0.15, 0.2) is 0 Å². The molecule has 25 heavy (non-hydrogen) atoms. The molecule has 1 unspecified atom stereocenters. The molecule has 0 spiro atoms. The Balaban J connectivity index is 1.57. The first-order valence-electron chi connectivity index (χ1n) is 8.37. The highest BCUT2D eigenvalue weighted by molar-refractivity contribution is 5.99. The van der Waals surface area contributed by atoms with Crippen LogP contribution in [0.3, 0.4) is 0 Å². The van der Waals surface area contributed by atoms with Crippen LogP contribution in [0.2, 0.25) is 0 Å². The van der Waals surface area contributed by atoms with Crippen molar-refractivity contribution in [1.82, 2.24) is 15.8 Å². The number of aryl methyl sites for hydroxylation is 2. The van der Waals surface area contributed by atoms with Crippen molar-refractivity contribution >= 4 is 17.6 Å². The van der Waals surface area contributed by atoms with Crippen LogP contribution < -0.4 is 15.5 Å². The minimum Gasteiger partial charge on any atom is -0.361 e. The van der Waals surface area contributed by atoms with Crippen LogP contribution in [0, 0.1) is 13.8 Å². The van der Waals surface area contributed by atoms with Crippen molar-refractivity contribution in [3.8, 4) is 0 Å². The number of urea groups is 1. The van der Waals surface area contributed by atoms with E-state index >= 15 is 0 Å². The fraction of sp³-hybridized carbons (Fsp3) is 0.389. The molecule has 2 aromatic rings. The Bertz CT molecular complexity index is 754. The SMILES string of the molecule is Cc1ccc(N2CCCC(NC(=O)NCc3cc(C)on3)C2=O)cc1. The zero-order valence-electron chi connectivity index (χ0n) is 14.4. The molecule has 132 valence electrons. The van der Waals surface area contributed by atoms with E-state index in [1.165, 1.54) is 0 Å². The summed E-state index contributed by atoms with van der Waals surface area (Å²) >= 11 is 0. The number of rotatable bonds is 4. The number of hydrogen-bond acceptors (Lipinski definition) is 4. The molecule has 7 heteroatoms. The van der Waals surface area contributed by atoms with Gasteiger partial charge in [0.25, 0.3) is 0 Å². The Morgan fingerprint density at radius 2 is 2.08 bits per heavy atom.